The lowest BCUT2D eigenvalue weighted by Gasteiger charge is -2.25. The first-order valence-corrected chi connectivity index (χ1v) is 11.7. The van der Waals surface area contributed by atoms with Crippen molar-refractivity contribution < 1.29 is 33.7 Å². The molecule has 0 spiro atoms. The molecule has 0 bridgehead atoms. The van der Waals surface area contributed by atoms with Gasteiger partial charge in [0.1, 0.15) is 17.3 Å². The number of hydrogen-bond acceptors (Lipinski definition) is 7. The number of Topliss-reactive ketones (excluding diaryl/α,β-unsaturated/α-hetero) is 1. The van der Waals surface area contributed by atoms with E-state index in [1.807, 2.05) is 6.92 Å². The Balaban J connectivity index is 1.77. The second-order valence-corrected chi connectivity index (χ2v) is 8.35. The molecule has 1 atom stereocenters. The highest BCUT2D eigenvalue weighted by atomic mass is 16.5. The average molecular weight is 502 g/mol. The molecule has 1 saturated heterocycles. The van der Waals surface area contributed by atoms with Crippen molar-refractivity contribution in [3.63, 3.8) is 0 Å². The van der Waals surface area contributed by atoms with Gasteiger partial charge >= 0.3 is 5.97 Å². The van der Waals surface area contributed by atoms with Crippen LogP contribution in [0.1, 0.15) is 40.0 Å². The second kappa shape index (κ2) is 11.0. The molecule has 0 radical (unpaired) electrons. The fourth-order valence-electron chi connectivity index (χ4n) is 4.27. The minimum atomic E-state index is -0.835. The Morgan fingerprint density at radius 1 is 0.865 bits per heavy atom. The lowest BCUT2D eigenvalue weighted by atomic mass is 9.95. The molecule has 190 valence electrons. The number of methoxy groups -OCH3 is 2. The Morgan fingerprint density at radius 3 is 2.03 bits per heavy atom. The van der Waals surface area contributed by atoms with Crippen LogP contribution in [-0.4, -0.2) is 48.5 Å². The van der Waals surface area contributed by atoms with Gasteiger partial charge in [-0.15, -0.1) is 0 Å². The largest absolute Gasteiger partial charge is 0.507 e. The zero-order valence-corrected chi connectivity index (χ0v) is 20.8. The van der Waals surface area contributed by atoms with Crippen molar-refractivity contribution in [1.82, 2.24) is 4.90 Å². The summed E-state index contributed by atoms with van der Waals surface area (Å²) < 4.78 is 15.5. The molecule has 3 aromatic rings. The molecule has 0 saturated carbocycles. The van der Waals surface area contributed by atoms with Crippen LogP contribution in [0.3, 0.4) is 0 Å². The summed E-state index contributed by atoms with van der Waals surface area (Å²) >= 11 is 0. The molecule has 8 heteroatoms. The van der Waals surface area contributed by atoms with Crippen molar-refractivity contribution in [3.8, 4) is 11.5 Å². The van der Waals surface area contributed by atoms with Gasteiger partial charge in [-0.1, -0.05) is 24.3 Å². The molecular weight excluding hydrogens is 474 g/mol. The van der Waals surface area contributed by atoms with Crippen molar-refractivity contribution in [3.05, 3.63) is 101 Å². The molecule has 1 fully saturated rings. The van der Waals surface area contributed by atoms with Crippen molar-refractivity contribution in [1.29, 1.82) is 0 Å². The van der Waals surface area contributed by atoms with Gasteiger partial charge in [0.15, 0.2) is 0 Å². The zero-order chi connectivity index (χ0) is 26.5. The summed E-state index contributed by atoms with van der Waals surface area (Å²) in [7, 11) is 2.85. The number of amides is 1. The van der Waals surface area contributed by atoms with Gasteiger partial charge in [-0.05, 0) is 66.6 Å². The van der Waals surface area contributed by atoms with Gasteiger partial charge in [-0.3, -0.25) is 9.59 Å². The molecule has 3 aromatic carbocycles. The van der Waals surface area contributed by atoms with Crippen molar-refractivity contribution in [2.45, 2.75) is 19.5 Å². The van der Waals surface area contributed by atoms with Gasteiger partial charge in [-0.25, -0.2) is 4.79 Å². The Hall–Kier alpha value is -4.59. The summed E-state index contributed by atoms with van der Waals surface area (Å²) in [6.45, 7) is 2.45. The normalized spacial score (nSPS) is 16.5. The number of nitrogens with zero attached hydrogens (tertiary/aromatic N) is 1. The smallest absolute Gasteiger partial charge is 0.337 e. The van der Waals surface area contributed by atoms with Gasteiger partial charge in [0.05, 0.1) is 38.0 Å². The predicted molar refractivity (Wildman–Crippen MR) is 136 cm³/mol. The van der Waals surface area contributed by atoms with Crippen molar-refractivity contribution in [2.75, 3.05) is 20.8 Å². The lowest BCUT2D eigenvalue weighted by Crippen LogP contribution is -2.29. The number of benzene rings is 3. The van der Waals surface area contributed by atoms with E-state index in [9.17, 15) is 19.5 Å². The number of aliphatic hydroxyl groups excluding tert-OH is 1. The Bertz CT molecular complexity index is 1330. The topological polar surface area (TPSA) is 102 Å². The van der Waals surface area contributed by atoms with E-state index in [1.165, 1.54) is 12.0 Å². The number of likely N-dealkylation sites (tertiary alicyclic amines) is 1. The van der Waals surface area contributed by atoms with Gasteiger partial charge < -0.3 is 24.2 Å². The van der Waals surface area contributed by atoms with Crippen LogP contribution in [0.2, 0.25) is 0 Å². The molecule has 1 aliphatic heterocycles. The first-order chi connectivity index (χ1) is 17.9. The average Bonchev–Trinajstić information content (AvgIpc) is 3.18. The first-order valence-electron chi connectivity index (χ1n) is 11.7. The van der Waals surface area contributed by atoms with Crippen LogP contribution in [0, 0.1) is 0 Å². The minimum Gasteiger partial charge on any atom is -0.507 e. The number of aliphatic hydroxyl groups is 1. The molecule has 4 rings (SSSR count). The molecule has 8 nitrogen and oxygen atoms in total. The summed E-state index contributed by atoms with van der Waals surface area (Å²) in [6.07, 6.45) is 0. The number of hydrogen-bond donors (Lipinski definition) is 1. The maximum absolute atomic E-state index is 13.3. The summed E-state index contributed by atoms with van der Waals surface area (Å²) in [6, 6.07) is 19.4. The van der Waals surface area contributed by atoms with E-state index in [4.69, 9.17) is 14.2 Å². The number of ether oxygens (including phenoxy) is 3. The Labute approximate surface area is 214 Å². The SMILES string of the molecule is CCOc1ccc(/C(O)=C2\C(=O)C(=O)N(Cc3ccc(C(=O)OC)cc3)C2c2ccc(OC)cc2)cc1. The first kappa shape index (κ1) is 25.5. The third kappa shape index (κ3) is 5.18. The monoisotopic (exact) mass is 501 g/mol. The van der Waals surface area contributed by atoms with E-state index in [-0.39, 0.29) is 17.9 Å². The van der Waals surface area contributed by atoms with E-state index < -0.39 is 23.7 Å². The molecule has 0 aliphatic carbocycles. The van der Waals surface area contributed by atoms with E-state index in [2.05, 4.69) is 0 Å². The molecule has 1 aliphatic rings. The fraction of sp³-hybridized carbons (Fsp3) is 0.207. The van der Waals surface area contributed by atoms with Crippen LogP contribution < -0.4 is 9.47 Å². The molecule has 1 amide bonds. The quantitative estimate of drug-likeness (QED) is 0.210. The summed E-state index contributed by atoms with van der Waals surface area (Å²) in [5, 5.41) is 11.2. The molecule has 1 N–H and O–H groups in total. The number of carbonyl (C=O) groups excluding carboxylic acids is 3. The molecular formula is C29H27NO7. The van der Waals surface area contributed by atoms with E-state index in [0.29, 0.717) is 40.4 Å². The molecule has 0 aromatic heterocycles. The number of ketones is 1. The van der Waals surface area contributed by atoms with Crippen LogP contribution in [0.15, 0.2) is 78.4 Å². The Kier molecular flexibility index (Phi) is 7.57. The lowest BCUT2D eigenvalue weighted by molar-refractivity contribution is -0.140. The summed E-state index contributed by atoms with van der Waals surface area (Å²) in [5.41, 5.74) is 2.09. The van der Waals surface area contributed by atoms with E-state index >= 15 is 0 Å². The van der Waals surface area contributed by atoms with Crippen LogP contribution in [0.5, 0.6) is 11.5 Å². The second-order valence-electron chi connectivity index (χ2n) is 8.35. The third-order valence-electron chi connectivity index (χ3n) is 6.14. The van der Waals surface area contributed by atoms with E-state index in [0.717, 1.165) is 0 Å². The van der Waals surface area contributed by atoms with Crippen molar-refractivity contribution >= 4 is 23.4 Å². The van der Waals surface area contributed by atoms with Gasteiger partial charge in [0.2, 0.25) is 0 Å². The standard InChI is InChI=1S/C29H27NO7/c1-4-37-23-15-11-20(12-16-23)26(31)24-25(19-9-13-22(35-2)14-10-19)30(28(33)27(24)32)17-18-5-7-21(8-6-18)29(34)36-3/h5-16,25,31H,4,17H2,1-3H3/b26-24+. The van der Waals surface area contributed by atoms with Gasteiger partial charge in [-0.2, -0.15) is 0 Å². The van der Waals surface area contributed by atoms with E-state index in [1.54, 1.807) is 79.9 Å². The van der Waals surface area contributed by atoms with Crippen LogP contribution in [-0.2, 0) is 20.9 Å². The number of carbonyl (C=O) groups is 3. The van der Waals surface area contributed by atoms with Gasteiger partial charge in [0.25, 0.3) is 11.7 Å². The highest BCUT2D eigenvalue weighted by Crippen LogP contribution is 2.40. The molecule has 37 heavy (non-hydrogen) atoms. The molecule has 1 unspecified atom stereocenters. The number of rotatable bonds is 8. The zero-order valence-electron chi connectivity index (χ0n) is 20.8. The predicted octanol–water partition coefficient (Wildman–Crippen LogP) is 4.50. The highest BCUT2D eigenvalue weighted by molar-refractivity contribution is 6.46. The summed E-state index contributed by atoms with van der Waals surface area (Å²) in [4.78, 5) is 39.7. The van der Waals surface area contributed by atoms with Crippen LogP contribution >= 0.6 is 0 Å². The summed E-state index contributed by atoms with van der Waals surface area (Å²) in [5.74, 6) is -1.01. The molecule has 1 heterocycles. The third-order valence-corrected chi connectivity index (χ3v) is 6.14. The van der Waals surface area contributed by atoms with Crippen molar-refractivity contribution in [2.24, 2.45) is 0 Å². The number of esters is 1. The maximum atomic E-state index is 13.3. The van der Waals surface area contributed by atoms with Crippen LogP contribution in [0.25, 0.3) is 5.76 Å². The van der Waals surface area contributed by atoms with Crippen LogP contribution in [0.4, 0.5) is 0 Å². The maximum Gasteiger partial charge on any atom is 0.337 e. The Morgan fingerprint density at radius 2 is 1.46 bits per heavy atom. The van der Waals surface area contributed by atoms with Gasteiger partial charge in [0, 0.05) is 12.1 Å². The highest BCUT2D eigenvalue weighted by Gasteiger charge is 2.46. The minimum absolute atomic E-state index is 0.00879. The fourth-order valence-corrected chi connectivity index (χ4v) is 4.27.